The van der Waals surface area contributed by atoms with Gasteiger partial charge in [-0.25, -0.2) is 4.79 Å². The molecule has 0 saturated carbocycles. The Bertz CT molecular complexity index is 772. The molecule has 27 heavy (non-hydrogen) atoms. The van der Waals surface area contributed by atoms with Crippen molar-refractivity contribution >= 4 is 11.8 Å². The predicted octanol–water partition coefficient (Wildman–Crippen LogP) is 3.86. The first kappa shape index (κ1) is 17.9. The lowest BCUT2D eigenvalue weighted by molar-refractivity contribution is 0.147. The Balaban J connectivity index is 1.36. The number of fused-ring (bicyclic) bond motifs is 1. The van der Waals surface area contributed by atoms with Crippen molar-refractivity contribution in [2.75, 3.05) is 37.7 Å². The molecule has 0 radical (unpaired) electrons. The summed E-state index contributed by atoms with van der Waals surface area (Å²) >= 11 is 0. The molecule has 5 nitrogen and oxygen atoms in total. The molecule has 2 aliphatic heterocycles. The zero-order valence-electron chi connectivity index (χ0n) is 15.6. The Morgan fingerprint density at radius 2 is 1.78 bits per heavy atom. The minimum absolute atomic E-state index is 0.289. The highest BCUT2D eigenvalue weighted by Crippen LogP contribution is 2.35. The highest BCUT2D eigenvalue weighted by Gasteiger charge is 2.28. The Hall–Kier alpha value is -2.53. The molecule has 1 fully saturated rings. The number of benzene rings is 2. The molecular weight excluding hydrogens is 340 g/mol. The molecule has 4 rings (SSSR count). The van der Waals surface area contributed by atoms with Crippen molar-refractivity contribution in [1.29, 1.82) is 0 Å². The fourth-order valence-corrected chi connectivity index (χ4v) is 3.82. The van der Waals surface area contributed by atoms with Gasteiger partial charge in [0.05, 0.1) is 5.69 Å². The van der Waals surface area contributed by atoms with E-state index in [9.17, 15) is 4.79 Å². The molecule has 0 bridgehead atoms. The normalized spacial score (nSPS) is 16.4. The van der Waals surface area contributed by atoms with E-state index in [1.807, 2.05) is 48.5 Å². The van der Waals surface area contributed by atoms with Gasteiger partial charge in [0.25, 0.3) is 0 Å². The van der Waals surface area contributed by atoms with Gasteiger partial charge in [-0.3, -0.25) is 9.80 Å². The number of hydrogen-bond acceptors (Lipinski definition) is 4. The van der Waals surface area contributed by atoms with E-state index in [0.717, 1.165) is 35.5 Å². The maximum atomic E-state index is 12.5. The zero-order valence-corrected chi connectivity index (χ0v) is 15.6. The van der Waals surface area contributed by atoms with Gasteiger partial charge >= 0.3 is 6.09 Å². The molecule has 1 amide bonds. The summed E-state index contributed by atoms with van der Waals surface area (Å²) in [6.07, 6.45) is 3.09. The number of nitrogens with zero attached hydrogens (tertiary/aromatic N) is 2. The van der Waals surface area contributed by atoms with Gasteiger partial charge in [0.1, 0.15) is 19.0 Å². The van der Waals surface area contributed by atoms with Crippen LogP contribution in [-0.2, 0) is 17.8 Å². The number of hydrogen-bond donors (Lipinski definition) is 0. The van der Waals surface area contributed by atoms with Crippen molar-refractivity contribution in [2.24, 2.45) is 0 Å². The van der Waals surface area contributed by atoms with Crippen molar-refractivity contribution < 1.29 is 14.3 Å². The molecule has 1 saturated heterocycles. The van der Waals surface area contributed by atoms with Crippen LogP contribution in [0.15, 0.2) is 48.5 Å². The molecule has 2 aromatic carbocycles. The molecule has 0 aromatic heterocycles. The van der Waals surface area contributed by atoms with Crippen LogP contribution in [0, 0.1) is 0 Å². The highest BCUT2D eigenvalue weighted by atomic mass is 16.6. The summed E-state index contributed by atoms with van der Waals surface area (Å²) < 4.78 is 11.5. The number of likely N-dealkylation sites (tertiary alicyclic amines) is 1. The number of amides is 1. The van der Waals surface area contributed by atoms with Gasteiger partial charge in [0, 0.05) is 18.7 Å². The molecule has 0 atom stereocenters. The van der Waals surface area contributed by atoms with Crippen LogP contribution in [0.3, 0.4) is 0 Å². The van der Waals surface area contributed by atoms with E-state index in [2.05, 4.69) is 4.90 Å². The average Bonchev–Trinajstić information content (AvgIpc) is 3.37. The van der Waals surface area contributed by atoms with E-state index >= 15 is 0 Å². The van der Waals surface area contributed by atoms with Gasteiger partial charge in [0.15, 0.2) is 0 Å². The quantitative estimate of drug-likeness (QED) is 0.779. The van der Waals surface area contributed by atoms with Crippen molar-refractivity contribution in [2.45, 2.75) is 25.9 Å². The molecule has 5 heteroatoms. The third-order valence-corrected chi connectivity index (χ3v) is 5.27. The molecule has 2 heterocycles. The fourth-order valence-electron chi connectivity index (χ4n) is 3.82. The van der Waals surface area contributed by atoms with Gasteiger partial charge in [-0.1, -0.05) is 36.4 Å². The minimum atomic E-state index is -0.299. The summed E-state index contributed by atoms with van der Waals surface area (Å²) in [4.78, 5) is 16.7. The van der Waals surface area contributed by atoms with Crippen LogP contribution in [0.2, 0.25) is 0 Å². The third kappa shape index (κ3) is 4.25. The third-order valence-electron chi connectivity index (χ3n) is 5.27. The standard InChI is InChI=1S/C22H26N2O3/c25-22(27-17-18-7-2-1-3-8-18)24-14-11-19-20(24)9-6-10-21(19)26-16-15-23-12-4-5-13-23/h1-3,6-10H,4-5,11-17H2. The van der Waals surface area contributed by atoms with Crippen LogP contribution in [0.25, 0.3) is 0 Å². The lowest BCUT2D eigenvalue weighted by atomic mass is 10.1. The first-order valence-electron chi connectivity index (χ1n) is 9.76. The van der Waals surface area contributed by atoms with E-state index in [1.165, 1.54) is 25.9 Å². The summed E-state index contributed by atoms with van der Waals surface area (Å²) in [5, 5.41) is 0. The Morgan fingerprint density at radius 3 is 2.59 bits per heavy atom. The second-order valence-electron chi connectivity index (χ2n) is 7.09. The van der Waals surface area contributed by atoms with Crippen LogP contribution in [0.4, 0.5) is 10.5 Å². The van der Waals surface area contributed by atoms with Crippen molar-refractivity contribution in [3.8, 4) is 5.75 Å². The Labute approximate surface area is 160 Å². The summed E-state index contributed by atoms with van der Waals surface area (Å²) in [5.41, 5.74) is 3.01. The molecule has 0 aliphatic carbocycles. The summed E-state index contributed by atoms with van der Waals surface area (Å²) in [5.74, 6) is 0.894. The second-order valence-corrected chi connectivity index (χ2v) is 7.09. The second kappa shape index (κ2) is 8.44. The van der Waals surface area contributed by atoms with Gasteiger partial charge in [-0.15, -0.1) is 0 Å². The Kier molecular flexibility index (Phi) is 5.58. The summed E-state index contributed by atoms with van der Waals surface area (Å²) in [6, 6.07) is 15.7. The van der Waals surface area contributed by atoms with E-state index < -0.39 is 0 Å². The largest absolute Gasteiger partial charge is 0.492 e. The number of anilines is 1. The average molecular weight is 366 g/mol. The molecule has 0 spiro atoms. The molecular formula is C22H26N2O3. The van der Waals surface area contributed by atoms with Crippen molar-refractivity contribution in [3.05, 3.63) is 59.7 Å². The smallest absolute Gasteiger partial charge is 0.414 e. The van der Waals surface area contributed by atoms with Crippen molar-refractivity contribution in [1.82, 2.24) is 4.90 Å². The van der Waals surface area contributed by atoms with Gasteiger partial charge < -0.3 is 9.47 Å². The number of ether oxygens (including phenoxy) is 2. The maximum absolute atomic E-state index is 12.5. The van der Waals surface area contributed by atoms with Crippen LogP contribution in [0.5, 0.6) is 5.75 Å². The van der Waals surface area contributed by atoms with Gasteiger partial charge in [-0.05, 0) is 50.0 Å². The molecule has 0 unspecified atom stereocenters. The number of carbonyl (C=O) groups excluding carboxylic acids is 1. The molecule has 2 aliphatic rings. The topological polar surface area (TPSA) is 42.0 Å². The number of rotatable bonds is 6. The minimum Gasteiger partial charge on any atom is -0.492 e. The first-order valence-corrected chi connectivity index (χ1v) is 9.76. The predicted molar refractivity (Wildman–Crippen MR) is 105 cm³/mol. The van der Waals surface area contributed by atoms with Crippen LogP contribution < -0.4 is 9.64 Å². The summed E-state index contributed by atoms with van der Waals surface area (Å²) in [6.45, 7) is 4.93. The van der Waals surface area contributed by atoms with Crippen LogP contribution >= 0.6 is 0 Å². The molecule has 2 aromatic rings. The zero-order chi connectivity index (χ0) is 18.5. The lowest BCUT2D eigenvalue weighted by Crippen LogP contribution is -2.29. The molecule has 142 valence electrons. The highest BCUT2D eigenvalue weighted by molar-refractivity contribution is 5.91. The van der Waals surface area contributed by atoms with E-state index in [0.29, 0.717) is 13.2 Å². The Morgan fingerprint density at radius 1 is 0.963 bits per heavy atom. The van der Waals surface area contributed by atoms with E-state index in [-0.39, 0.29) is 12.7 Å². The SMILES string of the molecule is O=C(OCc1ccccc1)N1CCc2c(OCCN3CCCC3)cccc21. The van der Waals surface area contributed by atoms with E-state index in [4.69, 9.17) is 9.47 Å². The monoisotopic (exact) mass is 366 g/mol. The number of carbonyl (C=O) groups is 1. The van der Waals surface area contributed by atoms with E-state index in [1.54, 1.807) is 4.90 Å². The fraction of sp³-hybridized carbons (Fsp3) is 0.409. The first-order chi connectivity index (χ1) is 13.3. The summed E-state index contributed by atoms with van der Waals surface area (Å²) in [7, 11) is 0. The van der Waals surface area contributed by atoms with Crippen LogP contribution in [0.1, 0.15) is 24.0 Å². The lowest BCUT2D eigenvalue weighted by Gasteiger charge is -2.18. The maximum Gasteiger partial charge on any atom is 0.414 e. The van der Waals surface area contributed by atoms with Gasteiger partial charge in [-0.2, -0.15) is 0 Å². The van der Waals surface area contributed by atoms with Crippen LogP contribution in [-0.4, -0.2) is 43.8 Å². The molecule has 0 N–H and O–H groups in total. The van der Waals surface area contributed by atoms with Gasteiger partial charge in [0.2, 0.25) is 0 Å². The van der Waals surface area contributed by atoms with Crippen molar-refractivity contribution in [3.63, 3.8) is 0 Å².